The van der Waals surface area contributed by atoms with Crippen molar-refractivity contribution in [2.45, 2.75) is 145 Å². The smallest absolute Gasteiger partial charge is 0.389 e. The van der Waals surface area contributed by atoms with Gasteiger partial charge >= 0.3 is 6.18 Å². The van der Waals surface area contributed by atoms with Gasteiger partial charge in [-0.25, -0.2) is 0 Å². The monoisotopic (exact) mass is 1090 g/mol. The third-order valence-corrected chi connectivity index (χ3v) is 13.4. The number of ketones is 1. The molecule has 67 heavy (non-hydrogen) atoms. The van der Waals surface area contributed by atoms with Crippen LogP contribution in [-0.2, 0) is 37.7 Å². The van der Waals surface area contributed by atoms with Gasteiger partial charge in [-0.2, -0.15) is 13.2 Å². The minimum atomic E-state index is -4.33. The SMILES string of the molecule is CCC(CC)C(=O)/C=C(\O)C(CC)CC(F)(F)F.Cc1[c-]c(-c2nccc3cc(CC4CCCC4)ccc23)cc(C)c1.[2H]c1nc(-c2[c-]c(C)cc(C)c2)c2ccc(CC3CCCC3)cc2c1[2H].[Ir]. The maximum atomic E-state index is 12.3. The molecule has 8 rings (SSSR count). The van der Waals surface area contributed by atoms with Crippen LogP contribution in [0.15, 0.2) is 97.0 Å². The molecular weight excluding hydrogens is 1020 g/mol. The predicted octanol–water partition coefficient (Wildman–Crippen LogP) is 16.5. The Bertz CT molecular complexity index is 2660. The van der Waals surface area contributed by atoms with Gasteiger partial charge in [0.2, 0.25) is 0 Å². The molecule has 1 atom stereocenters. The van der Waals surface area contributed by atoms with Gasteiger partial charge < -0.3 is 15.1 Å². The van der Waals surface area contributed by atoms with Crippen molar-refractivity contribution in [3.05, 3.63) is 142 Å². The topological polar surface area (TPSA) is 63.1 Å². The van der Waals surface area contributed by atoms with Gasteiger partial charge in [-0.3, -0.25) is 4.79 Å². The van der Waals surface area contributed by atoms with Crippen molar-refractivity contribution in [3.8, 4) is 22.5 Å². The van der Waals surface area contributed by atoms with Gasteiger partial charge in [-0.15, -0.1) is 69.8 Å². The molecule has 2 aliphatic carbocycles. The Morgan fingerprint density at radius 1 is 0.716 bits per heavy atom. The molecule has 0 amide bonds. The number of rotatable bonds is 13. The van der Waals surface area contributed by atoms with Crippen LogP contribution in [0.3, 0.4) is 0 Å². The van der Waals surface area contributed by atoms with E-state index in [2.05, 4.69) is 110 Å². The molecule has 8 heteroatoms. The van der Waals surface area contributed by atoms with Crippen LogP contribution in [0.25, 0.3) is 44.1 Å². The summed E-state index contributed by atoms with van der Waals surface area (Å²) in [7, 11) is 0. The number of aliphatic hydroxyl groups excluding tert-OH is 1. The third-order valence-electron chi connectivity index (χ3n) is 13.4. The quantitative estimate of drug-likeness (QED) is 0.0711. The van der Waals surface area contributed by atoms with Crippen LogP contribution in [0.4, 0.5) is 13.2 Å². The van der Waals surface area contributed by atoms with Crippen molar-refractivity contribution in [2.75, 3.05) is 0 Å². The molecule has 2 heterocycles. The van der Waals surface area contributed by atoms with Gasteiger partial charge in [0.05, 0.1) is 14.9 Å². The number of aliphatic hydroxyl groups is 1. The van der Waals surface area contributed by atoms with Crippen LogP contribution in [0.1, 0.15) is 134 Å². The fourth-order valence-corrected chi connectivity index (χ4v) is 9.96. The normalized spacial score (nSPS) is 15.4. The van der Waals surface area contributed by atoms with Gasteiger partial charge in [0, 0.05) is 50.4 Å². The summed E-state index contributed by atoms with van der Waals surface area (Å²) in [5.74, 6) is -0.341. The van der Waals surface area contributed by atoms with Crippen molar-refractivity contribution in [1.29, 1.82) is 0 Å². The molecule has 2 fully saturated rings. The summed E-state index contributed by atoms with van der Waals surface area (Å²) >= 11 is 0. The minimum Gasteiger partial charge on any atom is -0.512 e. The first kappa shape index (κ1) is 50.2. The van der Waals surface area contributed by atoms with Crippen LogP contribution in [0.2, 0.25) is 0 Å². The molecular formula is C59H69F3IrN2O2-2. The van der Waals surface area contributed by atoms with E-state index >= 15 is 0 Å². The maximum Gasteiger partial charge on any atom is 0.389 e. The molecule has 4 aromatic carbocycles. The number of aromatic nitrogens is 2. The Morgan fingerprint density at radius 3 is 1.67 bits per heavy atom. The molecule has 1 N–H and O–H groups in total. The zero-order valence-electron chi connectivity index (χ0n) is 42.4. The Morgan fingerprint density at radius 2 is 1.19 bits per heavy atom. The number of alkyl halides is 3. The second kappa shape index (κ2) is 25.1. The Hall–Kier alpha value is -4.65. The minimum absolute atomic E-state index is 0. The van der Waals surface area contributed by atoms with E-state index in [4.69, 9.17) is 2.74 Å². The van der Waals surface area contributed by atoms with Crippen LogP contribution in [0.5, 0.6) is 0 Å². The van der Waals surface area contributed by atoms with Crippen molar-refractivity contribution in [2.24, 2.45) is 23.7 Å². The second-order valence-electron chi connectivity index (χ2n) is 18.9. The third kappa shape index (κ3) is 15.4. The number of pyridine rings is 2. The number of carbonyl (C=O) groups is 1. The van der Waals surface area contributed by atoms with Crippen molar-refractivity contribution < 1.29 is 45.9 Å². The summed E-state index contributed by atoms with van der Waals surface area (Å²) in [6.07, 6.45) is 12.1. The van der Waals surface area contributed by atoms with Crippen LogP contribution in [0, 0.1) is 63.5 Å². The van der Waals surface area contributed by atoms with E-state index < -0.39 is 24.3 Å². The van der Waals surface area contributed by atoms with Crippen LogP contribution < -0.4 is 0 Å². The first-order valence-corrected chi connectivity index (χ1v) is 24.3. The number of nitrogens with zero attached hydrogens (tertiary/aromatic N) is 2. The standard InChI is InChI=1S/2C23H24N.C13H21F3O2.Ir/c2*1-16-11-17(2)13-21(12-16)23-22-8-7-19(14-18-5-3-4-6-18)15-20(22)9-10-24-23;1-4-9(5-2)11(17)7-12(18)10(6-3)8-13(14,15)16;/h2*7-12,15,18H,3-6,14H2,1-2H3;7,9-10,18H,4-6,8H2,1-3H3;/q2*-1;;/b;;12-7-;/i9D,10D;;;. The first-order chi connectivity index (χ1) is 32.4. The van der Waals surface area contributed by atoms with E-state index in [0.717, 1.165) is 68.7 Å². The number of allylic oxidation sites excluding steroid dienone is 2. The number of hydrogen-bond donors (Lipinski definition) is 1. The van der Waals surface area contributed by atoms with Gasteiger partial charge in [-0.05, 0) is 100 Å². The summed E-state index contributed by atoms with van der Waals surface area (Å²) in [5, 5.41) is 13.9. The molecule has 2 aromatic heterocycles. The van der Waals surface area contributed by atoms with E-state index in [1.807, 2.05) is 27.0 Å². The van der Waals surface area contributed by atoms with Gasteiger partial charge in [0.25, 0.3) is 0 Å². The molecule has 4 nitrogen and oxygen atoms in total. The fourth-order valence-electron chi connectivity index (χ4n) is 9.96. The zero-order valence-corrected chi connectivity index (χ0v) is 42.8. The number of carbonyl (C=O) groups excluding carboxylic acids is 1. The Kier molecular flexibility index (Phi) is 18.8. The average molecular weight is 1090 g/mol. The number of hydrogen-bond acceptors (Lipinski definition) is 4. The van der Waals surface area contributed by atoms with E-state index in [-0.39, 0.29) is 50.4 Å². The number of halogens is 3. The molecule has 359 valence electrons. The van der Waals surface area contributed by atoms with E-state index in [0.29, 0.717) is 12.8 Å². The number of benzene rings is 4. The Labute approximate surface area is 414 Å². The van der Waals surface area contributed by atoms with Crippen LogP contribution >= 0.6 is 0 Å². The van der Waals surface area contributed by atoms with Crippen molar-refractivity contribution in [3.63, 3.8) is 0 Å². The maximum absolute atomic E-state index is 12.3. The molecule has 2 saturated carbocycles. The predicted molar refractivity (Wildman–Crippen MR) is 267 cm³/mol. The largest absolute Gasteiger partial charge is 0.512 e. The average Bonchev–Trinajstić information content (AvgIpc) is 4.01. The zero-order chi connectivity index (χ0) is 49.1. The van der Waals surface area contributed by atoms with Crippen molar-refractivity contribution >= 4 is 27.3 Å². The molecule has 1 radical (unpaired) electrons. The molecule has 2 aliphatic rings. The van der Waals surface area contributed by atoms with Crippen LogP contribution in [-0.4, -0.2) is 27.0 Å². The fraction of sp³-hybridized carbons (Fsp3) is 0.441. The number of aryl methyl sites for hydroxylation is 4. The summed E-state index contributed by atoms with van der Waals surface area (Å²) in [6, 6.07) is 31.0. The van der Waals surface area contributed by atoms with E-state index in [1.54, 1.807) is 6.92 Å². The molecule has 0 aliphatic heterocycles. The molecule has 6 aromatic rings. The molecule has 0 saturated heterocycles. The van der Waals surface area contributed by atoms with Gasteiger partial charge in [0.15, 0.2) is 5.78 Å². The van der Waals surface area contributed by atoms with Gasteiger partial charge in [0.1, 0.15) is 0 Å². The molecule has 0 spiro atoms. The summed E-state index contributed by atoms with van der Waals surface area (Å²) in [5.41, 5.74) is 11.2. The summed E-state index contributed by atoms with van der Waals surface area (Å²) in [6.45, 7) is 13.6. The van der Waals surface area contributed by atoms with E-state index in [9.17, 15) is 23.1 Å². The molecule has 1 unspecified atom stereocenters. The number of fused-ring (bicyclic) bond motifs is 2. The van der Waals surface area contributed by atoms with Gasteiger partial charge in [-0.1, -0.05) is 136 Å². The molecule has 0 bridgehead atoms. The first-order valence-electron chi connectivity index (χ1n) is 25.3. The second-order valence-corrected chi connectivity index (χ2v) is 18.9. The summed E-state index contributed by atoms with van der Waals surface area (Å²) < 4.78 is 53.3. The van der Waals surface area contributed by atoms with E-state index in [1.165, 1.54) is 90.8 Å². The van der Waals surface area contributed by atoms with Crippen molar-refractivity contribution in [1.82, 2.24) is 9.97 Å². The Balaban J connectivity index is 0.000000196. The summed E-state index contributed by atoms with van der Waals surface area (Å²) in [4.78, 5) is 20.8.